The van der Waals surface area contributed by atoms with Crippen molar-refractivity contribution in [1.29, 1.82) is 0 Å². The van der Waals surface area contributed by atoms with Crippen molar-refractivity contribution in [1.82, 2.24) is 25.0 Å². The Morgan fingerprint density at radius 1 is 0.903 bits per heavy atom. The fourth-order valence-electron chi connectivity index (χ4n) is 3.11. The van der Waals surface area contributed by atoms with Crippen LogP contribution in [-0.4, -0.2) is 25.0 Å². The Bertz CT molecular complexity index is 1160. The van der Waals surface area contributed by atoms with Crippen LogP contribution in [0.3, 0.4) is 0 Å². The minimum Gasteiger partial charge on any atom is -0.424 e. The molecule has 0 aliphatic carbocycles. The highest BCUT2D eigenvalue weighted by Gasteiger charge is 2.19. The SMILES string of the molecule is CCc1nnc(CSc2nnc(-c3ccc(C(C)(C)C)cc3)n2-c2ccc(Br)cc2)o1. The van der Waals surface area contributed by atoms with Gasteiger partial charge in [-0.05, 0) is 35.2 Å². The van der Waals surface area contributed by atoms with E-state index < -0.39 is 0 Å². The molecule has 0 fully saturated rings. The molecule has 2 aromatic heterocycles. The molecule has 31 heavy (non-hydrogen) atoms. The molecule has 0 amide bonds. The van der Waals surface area contributed by atoms with E-state index in [2.05, 4.69) is 85.9 Å². The zero-order valence-electron chi connectivity index (χ0n) is 18.0. The highest BCUT2D eigenvalue weighted by molar-refractivity contribution is 9.10. The minimum absolute atomic E-state index is 0.0976. The average molecular weight is 498 g/mol. The third-order valence-corrected chi connectivity index (χ3v) is 6.31. The molecule has 0 saturated heterocycles. The first-order valence-corrected chi connectivity index (χ1v) is 11.9. The molecule has 4 rings (SSSR count). The van der Waals surface area contributed by atoms with Crippen LogP contribution in [0.15, 0.2) is 62.6 Å². The Labute approximate surface area is 194 Å². The van der Waals surface area contributed by atoms with Gasteiger partial charge < -0.3 is 4.42 Å². The predicted molar refractivity (Wildman–Crippen MR) is 126 cm³/mol. The molecule has 0 aliphatic rings. The van der Waals surface area contributed by atoms with Crippen molar-refractivity contribution in [2.24, 2.45) is 0 Å². The van der Waals surface area contributed by atoms with Crippen molar-refractivity contribution in [3.63, 3.8) is 0 Å². The molecular formula is C23H24BrN5OS. The molecule has 2 aromatic carbocycles. The van der Waals surface area contributed by atoms with Crippen molar-refractivity contribution in [3.05, 3.63) is 70.3 Å². The van der Waals surface area contributed by atoms with E-state index in [1.807, 2.05) is 31.2 Å². The zero-order chi connectivity index (χ0) is 22.0. The first-order chi connectivity index (χ1) is 14.8. The lowest BCUT2D eigenvalue weighted by molar-refractivity contribution is 0.470. The van der Waals surface area contributed by atoms with Gasteiger partial charge in [0.15, 0.2) is 11.0 Å². The largest absolute Gasteiger partial charge is 0.424 e. The minimum atomic E-state index is 0.0976. The lowest BCUT2D eigenvalue weighted by Crippen LogP contribution is -2.10. The summed E-state index contributed by atoms with van der Waals surface area (Å²) in [4.78, 5) is 0. The monoisotopic (exact) mass is 497 g/mol. The molecule has 0 saturated carbocycles. The smallest absolute Gasteiger partial charge is 0.226 e. The molecule has 0 aliphatic heterocycles. The topological polar surface area (TPSA) is 69.6 Å². The summed E-state index contributed by atoms with van der Waals surface area (Å²) in [6.07, 6.45) is 0.724. The van der Waals surface area contributed by atoms with Gasteiger partial charge in [0.25, 0.3) is 0 Å². The van der Waals surface area contributed by atoms with Crippen LogP contribution in [0.2, 0.25) is 0 Å². The highest BCUT2D eigenvalue weighted by atomic mass is 79.9. The van der Waals surface area contributed by atoms with Gasteiger partial charge in [-0.1, -0.05) is 79.7 Å². The lowest BCUT2D eigenvalue weighted by atomic mass is 9.87. The summed E-state index contributed by atoms with van der Waals surface area (Å²) >= 11 is 5.04. The van der Waals surface area contributed by atoms with Crippen molar-refractivity contribution in [3.8, 4) is 17.1 Å². The maximum Gasteiger partial charge on any atom is 0.226 e. The number of halogens is 1. The van der Waals surface area contributed by atoms with Crippen LogP contribution in [0.4, 0.5) is 0 Å². The van der Waals surface area contributed by atoms with Crippen molar-refractivity contribution in [2.75, 3.05) is 0 Å². The van der Waals surface area contributed by atoms with Crippen LogP contribution >= 0.6 is 27.7 Å². The maximum absolute atomic E-state index is 5.65. The number of nitrogens with zero attached hydrogens (tertiary/aromatic N) is 5. The third-order valence-electron chi connectivity index (χ3n) is 4.86. The summed E-state index contributed by atoms with van der Waals surface area (Å²) in [5.41, 5.74) is 3.38. The lowest BCUT2D eigenvalue weighted by Gasteiger charge is -2.19. The van der Waals surface area contributed by atoms with E-state index in [0.717, 1.165) is 33.1 Å². The van der Waals surface area contributed by atoms with Crippen LogP contribution in [0.1, 0.15) is 45.0 Å². The summed E-state index contributed by atoms with van der Waals surface area (Å²) < 4.78 is 8.74. The highest BCUT2D eigenvalue weighted by Crippen LogP contribution is 2.31. The van der Waals surface area contributed by atoms with Gasteiger partial charge in [-0.3, -0.25) is 4.57 Å². The molecule has 0 radical (unpaired) electrons. The van der Waals surface area contributed by atoms with Gasteiger partial charge in [0, 0.05) is 22.1 Å². The maximum atomic E-state index is 5.65. The first-order valence-electron chi connectivity index (χ1n) is 10.1. The van der Waals surface area contributed by atoms with Crippen molar-refractivity contribution >= 4 is 27.7 Å². The van der Waals surface area contributed by atoms with E-state index in [1.165, 1.54) is 17.3 Å². The number of benzene rings is 2. The molecule has 6 nitrogen and oxygen atoms in total. The Kier molecular flexibility index (Phi) is 6.29. The molecule has 0 unspecified atom stereocenters. The van der Waals surface area contributed by atoms with E-state index in [9.17, 15) is 0 Å². The fraction of sp³-hybridized carbons (Fsp3) is 0.304. The van der Waals surface area contributed by atoms with Gasteiger partial charge in [0.2, 0.25) is 11.8 Å². The van der Waals surface area contributed by atoms with Gasteiger partial charge in [-0.15, -0.1) is 20.4 Å². The van der Waals surface area contributed by atoms with Crippen molar-refractivity contribution in [2.45, 2.75) is 50.4 Å². The standard InChI is InChI=1S/C23H24BrN5OS/c1-5-19-25-26-20(30-19)14-31-22-28-27-21(29(22)18-12-10-17(24)11-13-18)15-6-8-16(9-7-15)23(2,3)4/h6-13H,5,14H2,1-4H3. The van der Waals surface area contributed by atoms with Crippen molar-refractivity contribution < 1.29 is 4.42 Å². The van der Waals surface area contributed by atoms with Gasteiger partial charge in [-0.2, -0.15) is 0 Å². The predicted octanol–water partition coefficient (Wildman–Crippen LogP) is 6.23. The fourth-order valence-corrected chi connectivity index (χ4v) is 4.16. The summed E-state index contributed by atoms with van der Waals surface area (Å²) in [6, 6.07) is 16.7. The van der Waals surface area contributed by atoms with Crippen LogP contribution in [0.5, 0.6) is 0 Å². The zero-order valence-corrected chi connectivity index (χ0v) is 20.4. The number of aryl methyl sites for hydroxylation is 1. The molecule has 8 heteroatoms. The van der Waals surface area contributed by atoms with Crippen LogP contribution < -0.4 is 0 Å². The third kappa shape index (κ3) is 4.91. The van der Waals surface area contributed by atoms with Gasteiger partial charge in [0.05, 0.1) is 5.75 Å². The van der Waals surface area contributed by atoms with E-state index in [-0.39, 0.29) is 5.41 Å². The van der Waals surface area contributed by atoms with E-state index in [1.54, 1.807) is 0 Å². The molecule has 4 aromatic rings. The van der Waals surface area contributed by atoms with Crippen LogP contribution in [-0.2, 0) is 17.6 Å². The first kappa shape index (κ1) is 21.8. The number of aromatic nitrogens is 5. The molecule has 0 bridgehead atoms. The second kappa shape index (κ2) is 8.96. The van der Waals surface area contributed by atoms with E-state index in [4.69, 9.17) is 4.42 Å². The summed E-state index contributed by atoms with van der Waals surface area (Å²) in [6.45, 7) is 8.62. The molecular weight excluding hydrogens is 474 g/mol. The Morgan fingerprint density at radius 2 is 1.58 bits per heavy atom. The average Bonchev–Trinajstić information content (AvgIpc) is 3.39. The number of hydrogen-bond donors (Lipinski definition) is 0. The molecule has 0 spiro atoms. The van der Waals surface area contributed by atoms with Gasteiger partial charge in [-0.25, -0.2) is 0 Å². The number of rotatable bonds is 6. The van der Waals surface area contributed by atoms with Crippen LogP contribution in [0.25, 0.3) is 17.1 Å². The van der Waals surface area contributed by atoms with Gasteiger partial charge in [0.1, 0.15) is 0 Å². The number of thioether (sulfide) groups is 1. The Morgan fingerprint density at radius 3 is 2.19 bits per heavy atom. The Hall–Kier alpha value is -2.45. The Balaban J connectivity index is 1.70. The summed E-state index contributed by atoms with van der Waals surface area (Å²) in [5.74, 6) is 2.56. The second-order valence-corrected chi connectivity index (χ2v) is 10.0. The second-order valence-electron chi connectivity index (χ2n) is 8.18. The van der Waals surface area contributed by atoms with Gasteiger partial charge >= 0.3 is 0 Å². The summed E-state index contributed by atoms with van der Waals surface area (Å²) in [5, 5.41) is 17.9. The van der Waals surface area contributed by atoms with Crippen LogP contribution in [0, 0.1) is 0 Å². The molecule has 0 N–H and O–H groups in total. The molecule has 160 valence electrons. The van der Waals surface area contributed by atoms with E-state index >= 15 is 0 Å². The molecule has 2 heterocycles. The quantitative estimate of drug-likeness (QED) is 0.294. The number of hydrogen-bond acceptors (Lipinski definition) is 6. The summed E-state index contributed by atoms with van der Waals surface area (Å²) in [7, 11) is 0. The normalized spacial score (nSPS) is 11.8. The van der Waals surface area contributed by atoms with E-state index in [0.29, 0.717) is 17.5 Å². The molecule has 0 atom stereocenters.